The maximum absolute atomic E-state index is 12.2. The molecule has 0 fully saturated rings. The number of amides is 1. The molecule has 1 aromatic carbocycles. The lowest BCUT2D eigenvalue weighted by molar-refractivity contribution is -0.116. The van der Waals surface area contributed by atoms with Crippen LogP contribution in [0.5, 0.6) is 5.75 Å². The van der Waals surface area contributed by atoms with Crippen molar-refractivity contribution in [2.75, 3.05) is 17.7 Å². The predicted molar refractivity (Wildman–Crippen MR) is 122 cm³/mol. The molecule has 0 radical (unpaired) electrons. The Hall–Kier alpha value is -3.31. The van der Waals surface area contributed by atoms with Gasteiger partial charge in [0, 0.05) is 36.6 Å². The molecule has 0 unspecified atom stereocenters. The van der Waals surface area contributed by atoms with Gasteiger partial charge in [0.2, 0.25) is 22.8 Å². The van der Waals surface area contributed by atoms with Gasteiger partial charge >= 0.3 is 0 Å². The number of ether oxygens (including phenoxy) is 1. The lowest BCUT2D eigenvalue weighted by atomic mass is 10.2. The number of hydrogen-bond acceptors (Lipinski definition) is 10. The highest BCUT2D eigenvalue weighted by Crippen LogP contribution is 2.25. The summed E-state index contributed by atoms with van der Waals surface area (Å²) < 4.78 is 11.7. The predicted octanol–water partition coefficient (Wildman–Crippen LogP) is 4.03. The fraction of sp³-hybridized carbons (Fsp3) is 0.238. The Labute approximate surface area is 192 Å². The lowest BCUT2D eigenvalue weighted by Crippen LogP contribution is -2.12. The third-order valence-electron chi connectivity index (χ3n) is 4.21. The summed E-state index contributed by atoms with van der Waals surface area (Å²) in [6.07, 6.45) is 3.85. The molecule has 0 saturated heterocycles. The van der Waals surface area contributed by atoms with Gasteiger partial charge in [0.1, 0.15) is 5.75 Å². The van der Waals surface area contributed by atoms with Gasteiger partial charge in [-0.2, -0.15) is 4.98 Å². The number of thioether (sulfide) groups is 1. The van der Waals surface area contributed by atoms with Crippen molar-refractivity contribution < 1.29 is 14.1 Å². The van der Waals surface area contributed by atoms with Gasteiger partial charge in [-0.25, -0.2) is 0 Å². The molecule has 1 amide bonds. The second-order valence-corrected chi connectivity index (χ2v) is 9.00. The molecule has 0 bridgehead atoms. The summed E-state index contributed by atoms with van der Waals surface area (Å²) in [6, 6.07) is 11.6. The molecule has 0 aliphatic heterocycles. The summed E-state index contributed by atoms with van der Waals surface area (Å²) in [6.45, 7) is 2.59. The van der Waals surface area contributed by atoms with Crippen molar-refractivity contribution in [2.45, 2.75) is 24.1 Å². The molecule has 9 nitrogen and oxygen atoms in total. The second-order valence-electron chi connectivity index (χ2n) is 6.68. The summed E-state index contributed by atoms with van der Waals surface area (Å²) in [7, 11) is 0. The number of hydrogen-bond donors (Lipinski definition) is 1. The Morgan fingerprint density at radius 3 is 2.91 bits per heavy atom. The second kappa shape index (κ2) is 10.8. The minimum absolute atomic E-state index is 0.193. The van der Waals surface area contributed by atoms with Gasteiger partial charge in [-0.1, -0.05) is 46.0 Å². The Bertz CT molecular complexity index is 1150. The van der Waals surface area contributed by atoms with Crippen LogP contribution < -0.4 is 10.1 Å². The topological polar surface area (TPSA) is 116 Å². The maximum Gasteiger partial charge on any atom is 0.227 e. The number of carbonyl (C=O) groups excluding carboxylic acids is 1. The van der Waals surface area contributed by atoms with Crippen LogP contribution in [0.1, 0.15) is 17.9 Å². The Balaban J connectivity index is 1.17. The number of nitrogens with zero attached hydrogens (tertiary/aromatic N) is 5. The van der Waals surface area contributed by atoms with Gasteiger partial charge in [-0.05, 0) is 31.2 Å². The average Bonchev–Trinajstić information content (AvgIpc) is 3.47. The van der Waals surface area contributed by atoms with Crippen molar-refractivity contribution in [3.63, 3.8) is 0 Å². The van der Waals surface area contributed by atoms with Crippen molar-refractivity contribution >= 4 is 34.1 Å². The summed E-state index contributed by atoms with van der Waals surface area (Å²) in [5, 5.41) is 15.2. The molecule has 32 heavy (non-hydrogen) atoms. The van der Waals surface area contributed by atoms with Crippen molar-refractivity contribution in [2.24, 2.45) is 0 Å². The van der Waals surface area contributed by atoms with Crippen LogP contribution >= 0.6 is 23.1 Å². The largest absolute Gasteiger partial charge is 0.493 e. The monoisotopic (exact) mass is 468 g/mol. The third kappa shape index (κ3) is 6.34. The normalized spacial score (nSPS) is 10.8. The molecular formula is C21H20N6O3S2. The van der Waals surface area contributed by atoms with Crippen LogP contribution in [-0.4, -0.2) is 43.6 Å². The first-order chi connectivity index (χ1) is 15.7. The van der Waals surface area contributed by atoms with Gasteiger partial charge < -0.3 is 14.6 Å². The van der Waals surface area contributed by atoms with E-state index in [0.29, 0.717) is 29.9 Å². The fourth-order valence-corrected chi connectivity index (χ4v) is 4.27. The fourth-order valence-electron chi connectivity index (χ4n) is 2.61. The molecule has 0 aliphatic rings. The number of carbonyl (C=O) groups is 1. The van der Waals surface area contributed by atoms with E-state index in [2.05, 4.69) is 30.6 Å². The van der Waals surface area contributed by atoms with Gasteiger partial charge in [0.15, 0.2) is 4.34 Å². The zero-order valence-electron chi connectivity index (χ0n) is 17.2. The number of aryl methyl sites for hydroxylation is 2. The highest BCUT2D eigenvalue weighted by atomic mass is 32.2. The molecule has 0 aliphatic carbocycles. The summed E-state index contributed by atoms with van der Waals surface area (Å²) >= 11 is 2.86. The summed E-state index contributed by atoms with van der Waals surface area (Å²) in [4.78, 5) is 20.5. The SMILES string of the molecule is Cc1ccc(OCCSc2nnc(NC(=O)CCc3nc(-c4cccnc4)no3)s2)cc1. The summed E-state index contributed by atoms with van der Waals surface area (Å²) in [5.41, 5.74) is 1.96. The van der Waals surface area contributed by atoms with Crippen LogP contribution in [0.15, 0.2) is 57.7 Å². The molecule has 164 valence electrons. The van der Waals surface area contributed by atoms with Crippen molar-refractivity contribution in [1.82, 2.24) is 25.3 Å². The van der Waals surface area contributed by atoms with E-state index in [1.54, 1.807) is 18.5 Å². The Morgan fingerprint density at radius 1 is 1.22 bits per heavy atom. The quantitative estimate of drug-likeness (QED) is 0.209. The number of nitrogens with one attached hydrogen (secondary N) is 1. The number of anilines is 1. The van der Waals surface area contributed by atoms with Crippen molar-refractivity contribution in [1.29, 1.82) is 0 Å². The Morgan fingerprint density at radius 2 is 2.09 bits per heavy atom. The summed E-state index contributed by atoms with van der Waals surface area (Å²) in [5.74, 6) is 2.22. The van der Waals surface area contributed by atoms with E-state index >= 15 is 0 Å². The minimum atomic E-state index is -0.193. The lowest BCUT2D eigenvalue weighted by Gasteiger charge is -2.04. The van der Waals surface area contributed by atoms with Crippen LogP contribution in [-0.2, 0) is 11.2 Å². The van der Waals surface area contributed by atoms with Gasteiger partial charge in [-0.3, -0.25) is 9.78 Å². The number of rotatable bonds is 10. The maximum atomic E-state index is 12.2. The zero-order valence-corrected chi connectivity index (χ0v) is 18.9. The molecule has 3 aromatic heterocycles. The van der Waals surface area contributed by atoms with Crippen molar-refractivity contribution in [3.05, 3.63) is 60.2 Å². The van der Waals surface area contributed by atoms with Crippen LogP contribution in [0.25, 0.3) is 11.4 Å². The van der Waals surface area contributed by atoms with Crippen LogP contribution in [0.4, 0.5) is 5.13 Å². The number of aromatic nitrogens is 5. The van der Waals surface area contributed by atoms with Gasteiger partial charge in [-0.15, -0.1) is 10.2 Å². The molecule has 4 rings (SSSR count). The van der Waals surface area contributed by atoms with E-state index in [1.165, 1.54) is 28.7 Å². The zero-order chi connectivity index (χ0) is 22.2. The highest BCUT2D eigenvalue weighted by molar-refractivity contribution is 8.01. The van der Waals surface area contributed by atoms with Gasteiger partial charge in [0.25, 0.3) is 0 Å². The molecule has 0 spiro atoms. The number of benzene rings is 1. The van der Waals surface area contributed by atoms with E-state index in [-0.39, 0.29) is 12.3 Å². The van der Waals surface area contributed by atoms with Crippen LogP contribution in [0.2, 0.25) is 0 Å². The Kier molecular flexibility index (Phi) is 7.41. The first-order valence-corrected chi connectivity index (χ1v) is 11.6. The van der Waals surface area contributed by atoms with E-state index in [9.17, 15) is 4.79 Å². The highest BCUT2D eigenvalue weighted by Gasteiger charge is 2.13. The van der Waals surface area contributed by atoms with E-state index in [0.717, 1.165) is 21.4 Å². The van der Waals surface area contributed by atoms with Crippen LogP contribution in [0, 0.1) is 6.92 Å². The molecule has 4 aromatic rings. The smallest absolute Gasteiger partial charge is 0.227 e. The average molecular weight is 469 g/mol. The third-order valence-corrected chi connectivity index (χ3v) is 6.14. The van der Waals surface area contributed by atoms with Crippen molar-refractivity contribution in [3.8, 4) is 17.1 Å². The molecule has 1 N–H and O–H groups in total. The molecule has 0 atom stereocenters. The molecule has 3 heterocycles. The first-order valence-electron chi connectivity index (χ1n) is 9.84. The molecule has 11 heteroatoms. The number of pyridine rings is 1. The van der Waals surface area contributed by atoms with E-state index in [4.69, 9.17) is 9.26 Å². The van der Waals surface area contributed by atoms with E-state index in [1.807, 2.05) is 37.3 Å². The van der Waals surface area contributed by atoms with Gasteiger partial charge in [0.05, 0.1) is 6.61 Å². The van der Waals surface area contributed by atoms with Crippen LogP contribution in [0.3, 0.4) is 0 Å². The molecular weight excluding hydrogens is 448 g/mol. The minimum Gasteiger partial charge on any atom is -0.493 e. The van der Waals surface area contributed by atoms with E-state index < -0.39 is 0 Å². The first kappa shape index (κ1) is 21.9. The standard InChI is InChI=1S/C21H20N6O3S2/c1-14-4-6-16(7-5-14)29-11-12-31-21-26-25-20(32-21)23-17(28)8-9-18-24-19(27-30-18)15-3-2-10-22-13-15/h2-7,10,13H,8-9,11-12H2,1H3,(H,23,25,28). The molecule has 0 saturated carbocycles.